The number of hydrogen-bond donors (Lipinski definition) is 0. The van der Waals surface area contributed by atoms with Crippen LogP contribution in [0.1, 0.15) is 25.1 Å². The van der Waals surface area contributed by atoms with E-state index in [1.54, 1.807) is 0 Å². The molecule has 0 aliphatic heterocycles. The van der Waals surface area contributed by atoms with Crippen molar-refractivity contribution >= 4 is 0 Å². The van der Waals surface area contributed by atoms with Crippen LogP contribution in [0.4, 0.5) is 0 Å². The summed E-state index contributed by atoms with van der Waals surface area (Å²) >= 11 is 0. The molecule has 0 fully saturated rings. The number of hydrogen-bond acceptors (Lipinski definition) is 3. The van der Waals surface area contributed by atoms with Crippen LogP contribution in [0.2, 0.25) is 0 Å². The van der Waals surface area contributed by atoms with E-state index in [2.05, 4.69) is 4.98 Å². The molecule has 0 atom stereocenters. The number of aryl methyl sites for hydroxylation is 1. The maximum absolute atomic E-state index is 5.79. The SMILES string of the molecule is Cc1ccc(OCc2ccccc2)c(OC(C)C)n1. The van der Waals surface area contributed by atoms with E-state index in [9.17, 15) is 0 Å². The molecule has 0 unspecified atom stereocenters. The van der Waals surface area contributed by atoms with Gasteiger partial charge in [0.15, 0.2) is 5.75 Å². The minimum atomic E-state index is 0.0772. The molecule has 0 radical (unpaired) electrons. The van der Waals surface area contributed by atoms with E-state index >= 15 is 0 Å². The third-order valence-electron chi connectivity index (χ3n) is 2.55. The first-order valence-corrected chi connectivity index (χ1v) is 6.46. The van der Waals surface area contributed by atoms with Crippen LogP contribution < -0.4 is 9.47 Å². The molecule has 0 bridgehead atoms. The molecule has 0 amide bonds. The van der Waals surface area contributed by atoms with Gasteiger partial charge in [-0.05, 0) is 38.5 Å². The summed E-state index contributed by atoms with van der Waals surface area (Å²) in [6, 6.07) is 13.9. The monoisotopic (exact) mass is 257 g/mol. The van der Waals surface area contributed by atoms with E-state index in [1.807, 2.05) is 63.2 Å². The fraction of sp³-hybridized carbons (Fsp3) is 0.312. The lowest BCUT2D eigenvalue weighted by atomic mass is 10.2. The summed E-state index contributed by atoms with van der Waals surface area (Å²) in [7, 11) is 0. The Labute approximate surface area is 114 Å². The molecule has 2 rings (SSSR count). The van der Waals surface area contributed by atoms with Gasteiger partial charge in [-0.2, -0.15) is 0 Å². The zero-order valence-corrected chi connectivity index (χ0v) is 11.6. The Balaban J connectivity index is 2.11. The number of ether oxygens (including phenoxy) is 2. The molecule has 0 aliphatic rings. The summed E-state index contributed by atoms with van der Waals surface area (Å²) in [5, 5.41) is 0. The second-order valence-corrected chi connectivity index (χ2v) is 4.70. The number of pyridine rings is 1. The Kier molecular flexibility index (Phi) is 4.39. The molecule has 100 valence electrons. The molecule has 1 aromatic heterocycles. The fourth-order valence-electron chi connectivity index (χ4n) is 1.67. The molecule has 2 aromatic rings. The molecular formula is C16H19NO2. The van der Waals surface area contributed by atoms with Crippen LogP contribution in [0.5, 0.6) is 11.6 Å². The lowest BCUT2D eigenvalue weighted by Crippen LogP contribution is -2.09. The maximum atomic E-state index is 5.79. The first-order chi connectivity index (χ1) is 9.15. The van der Waals surface area contributed by atoms with Crippen molar-refractivity contribution in [2.75, 3.05) is 0 Å². The van der Waals surface area contributed by atoms with E-state index in [0.717, 1.165) is 11.3 Å². The van der Waals surface area contributed by atoms with Crippen molar-refractivity contribution < 1.29 is 9.47 Å². The molecule has 1 heterocycles. The van der Waals surface area contributed by atoms with Crippen molar-refractivity contribution in [3.63, 3.8) is 0 Å². The van der Waals surface area contributed by atoms with Gasteiger partial charge < -0.3 is 9.47 Å². The van der Waals surface area contributed by atoms with Crippen LogP contribution >= 0.6 is 0 Å². The van der Waals surface area contributed by atoms with Crippen LogP contribution in [0.3, 0.4) is 0 Å². The molecule has 3 heteroatoms. The summed E-state index contributed by atoms with van der Waals surface area (Å²) in [4.78, 5) is 4.38. The Morgan fingerprint density at radius 1 is 1.05 bits per heavy atom. The van der Waals surface area contributed by atoms with E-state index in [0.29, 0.717) is 18.2 Å². The second-order valence-electron chi connectivity index (χ2n) is 4.70. The van der Waals surface area contributed by atoms with E-state index in [-0.39, 0.29) is 6.10 Å². The predicted octanol–water partition coefficient (Wildman–Crippen LogP) is 3.76. The van der Waals surface area contributed by atoms with Crippen molar-refractivity contribution in [3.8, 4) is 11.6 Å². The molecule has 0 N–H and O–H groups in total. The van der Waals surface area contributed by atoms with E-state index < -0.39 is 0 Å². The largest absolute Gasteiger partial charge is 0.483 e. The lowest BCUT2D eigenvalue weighted by molar-refractivity contribution is 0.208. The second kappa shape index (κ2) is 6.23. The number of aromatic nitrogens is 1. The molecular weight excluding hydrogens is 238 g/mol. The summed E-state index contributed by atoms with van der Waals surface area (Å²) in [5.41, 5.74) is 2.04. The minimum absolute atomic E-state index is 0.0772. The highest BCUT2D eigenvalue weighted by molar-refractivity contribution is 5.35. The van der Waals surface area contributed by atoms with Crippen molar-refractivity contribution in [2.45, 2.75) is 33.5 Å². The smallest absolute Gasteiger partial charge is 0.257 e. The highest BCUT2D eigenvalue weighted by atomic mass is 16.5. The number of rotatable bonds is 5. The predicted molar refractivity (Wildman–Crippen MR) is 75.5 cm³/mol. The fourth-order valence-corrected chi connectivity index (χ4v) is 1.67. The Bertz CT molecular complexity index is 524. The quantitative estimate of drug-likeness (QED) is 0.817. The van der Waals surface area contributed by atoms with E-state index in [4.69, 9.17) is 9.47 Å². The third kappa shape index (κ3) is 3.98. The number of nitrogens with zero attached hydrogens (tertiary/aromatic N) is 1. The van der Waals surface area contributed by atoms with Crippen LogP contribution in [-0.4, -0.2) is 11.1 Å². The average Bonchev–Trinajstić information content (AvgIpc) is 2.38. The van der Waals surface area contributed by atoms with Gasteiger partial charge in [-0.1, -0.05) is 30.3 Å². The summed E-state index contributed by atoms with van der Waals surface area (Å²) in [6.45, 7) is 6.41. The van der Waals surface area contributed by atoms with Gasteiger partial charge >= 0.3 is 0 Å². The van der Waals surface area contributed by atoms with Gasteiger partial charge in [0.2, 0.25) is 0 Å². The molecule has 19 heavy (non-hydrogen) atoms. The van der Waals surface area contributed by atoms with Gasteiger partial charge in [-0.25, -0.2) is 4.98 Å². The third-order valence-corrected chi connectivity index (χ3v) is 2.55. The normalized spacial score (nSPS) is 10.5. The Hall–Kier alpha value is -2.03. The average molecular weight is 257 g/mol. The standard InChI is InChI=1S/C16H19NO2/c1-12(2)19-16-15(10-9-13(3)17-16)18-11-14-7-5-4-6-8-14/h4-10,12H,11H2,1-3H3. The van der Waals surface area contributed by atoms with Crippen molar-refractivity contribution in [1.82, 2.24) is 4.98 Å². The molecule has 0 saturated carbocycles. The Morgan fingerprint density at radius 3 is 2.47 bits per heavy atom. The van der Waals surface area contributed by atoms with Gasteiger partial charge in [0.1, 0.15) is 6.61 Å². The maximum Gasteiger partial charge on any atom is 0.257 e. The summed E-state index contributed by atoms with van der Waals surface area (Å²) in [6.07, 6.45) is 0.0772. The molecule has 3 nitrogen and oxygen atoms in total. The van der Waals surface area contributed by atoms with Crippen molar-refractivity contribution in [3.05, 3.63) is 53.7 Å². The van der Waals surface area contributed by atoms with Gasteiger partial charge in [0.05, 0.1) is 6.10 Å². The zero-order valence-electron chi connectivity index (χ0n) is 11.6. The van der Waals surface area contributed by atoms with Crippen molar-refractivity contribution in [1.29, 1.82) is 0 Å². The highest BCUT2D eigenvalue weighted by Gasteiger charge is 2.09. The van der Waals surface area contributed by atoms with Crippen LogP contribution in [-0.2, 0) is 6.61 Å². The number of benzene rings is 1. The van der Waals surface area contributed by atoms with E-state index in [1.165, 1.54) is 0 Å². The Morgan fingerprint density at radius 2 is 1.79 bits per heavy atom. The van der Waals surface area contributed by atoms with Crippen LogP contribution in [0, 0.1) is 6.92 Å². The zero-order chi connectivity index (χ0) is 13.7. The minimum Gasteiger partial charge on any atom is -0.483 e. The van der Waals surface area contributed by atoms with Crippen LogP contribution in [0.15, 0.2) is 42.5 Å². The first-order valence-electron chi connectivity index (χ1n) is 6.46. The summed E-state index contributed by atoms with van der Waals surface area (Å²) in [5.74, 6) is 1.24. The first kappa shape index (κ1) is 13.4. The molecule has 1 aromatic carbocycles. The lowest BCUT2D eigenvalue weighted by Gasteiger charge is -2.14. The summed E-state index contributed by atoms with van der Waals surface area (Å²) < 4.78 is 11.5. The topological polar surface area (TPSA) is 31.4 Å². The van der Waals surface area contributed by atoms with Gasteiger partial charge in [-0.15, -0.1) is 0 Å². The van der Waals surface area contributed by atoms with Gasteiger partial charge in [0, 0.05) is 5.69 Å². The molecule has 0 saturated heterocycles. The van der Waals surface area contributed by atoms with Gasteiger partial charge in [-0.3, -0.25) is 0 Å². The van der Waals surface area contributed by atoms with Crippen LogP contribution in [0.25, 0.3) is 0 Å². The van der Waals surface area contributed by atoms with Gasteiger partial charge in [0.25, 0.3) is 5.88 Å². The molecule has 0 spiro atoms. The van der Waals surface area contributed by atoms with Crippen molar-refractivity contribution in [2.24, 2.45) is 0 Å². The molecule has 0 aliphatic carbocycles. The highest BCUT2D eigenvalue weighted by Crippen LogP contribution is 2.26.